The van der Waals surface area contributed by atoms with Crippen LogP contribution in [0.15, 0.2) is 0 Å². The first kappa shape index (κ1) is 45.6. The molecule has 3 fully saturated rings. The summed E-state index contributed by atoms with van der Waals surface area (Å²) in [5.41, 5.74) is -4.90. The first-order valence-corrected chi connectivity index (χ1v) is 19.0. The fourth-order valence-corrected chi connectivity index (χ4v) is 8.60. The Balaban J connectivity index is 2.19. The number of likely N-dealkylation sites (N-methyl/N-ethyl adjacent to an activating group) is 1. The van der Waals surface area contributed by atoms with Crippen LogP contribution in [0, 0.1) is 36.0 Å². The number of ketones is 1. The molecule has 0 aromatic rings. The molecule has 18 unspecified atom stereocenters. The van der Waals surface area contributed by atoms with Crippen molar-refractivity contribution in [3.8, 4) is 12.3 Å². The van der Waals surface area contributed by atoms with Gasteiger partial charge in [-0.25, -0.2) is 0 Å². The smallest absolute Gasteiger partial charge is 0.311 e. The summed E-state index contributed by atoms with van der Waals surface area (Å²) in [6, 6.07) is -0.448. The fraction of sp³-hybridized carbons (Fsp3) is 0.897. The van der Waals surface area contributed by atoms with Gasteiger partial charge in [-0.15, -0.1) is 6.42 Å². The SMILES string of the molecule is C#CCN(C)C1CC(C)OC(OC2C(C)C(OC3CC(C)(OC)C(O)C(C)O3)C(C)C(=O)OC(CC)C(C)(O)C(O)C(C)C(=O)C(C)CC2(C)O)C1O. The van der Waals surface area contributed by atoms with Gasteiger partial charge in [0.05, 0.1) is 54.2 Å². The Morgan fingerprint density at radius 3 is 2.13 bits per heavy atom. The van der Waals surface area contributed by atoms with E-state index in [0.29, 0.717) is 6.42 Å². The van der Waals surface area contributed by atoms with Gasteiger partial charge in [-0.1, -0.05) is 33.6 Å². The van der Waals surface area contributed by atoms with Crippen LogP contribution >= 0.6 is 0 Å². The number of cyclic esters (lactones) is 1. The summed E-state index contributed by atoms with van der Waals surface area (Å²) >= 11 is 0. The second-order valence-corrected chi connectivity index (χ2v) is 16.6. The highest BCUT2D eigenvalue weighted by molar-refractivity contribution is 5.83. The summed E-state index contributed by atoms with van der Waals surface area (Å²) in [7, 11) is 3.27. The molecule has 5 N–H and O–H groups in total. The number of methoxy groups -OCH3 is 1. The van der Waals surface area contributed by atoms with Crippen molar-refractivity contribution in [2.45, 2.75) is 179 Å². The Morgan fingerprint density at radius 1 is 0.943 bits per heavy atom. The van der Waals surface area contributed by atoms with Crippen LogP contribution in [0.2, 0.25) is 0 Å². The van der Waals surface area contributed by atoms with E-state index >= 15 is 0 Å². The molecule has 0 aliphatic carbocycles. The molecule has 0 bridgehead atoms. The van der Waals surface area contributed by atoms with E-state index in [4.69, 9.17) is 34.8 Å². The largest absolute Gasteiger partial charge is 0.459 e. The topological polar surface area (TPSA) is 194 Å². The Kier molecular flexibility index (Phi) is 15.5. The van der Waals surface area contributed by atoms with E-state index in [2.05, 4.69) is 5.92 Å². The lowest BCUT2D eigenvalue weighted by Gasteiger charge is -2.49. The fourth-order valence-electron chi connectivity index (χ4n) is 8.60. The van der Waals surface area contributed by atoms with Gasteiger partial charge in [0.1, 0.15) is 29.7 Å². The zero-order valence-electron chi connectivity index (χ0n) is 33.7. The summed E-state index contributed by atoms with van der Waals surface area (Å²) in [6.07, 6.45) is -4.62. The molecule has 3 aliphatic heterocycles. The maximum atomic E-state index is 14.1. The van der Waals surface area contributed by atoms with Gasteiger partial charge >= 0.3 is 5.97 Å². The molecule has 0 aromatic carbocycles. The van der Waals surface area contributed by atoms with E-state index < -0.39 is 114 Å². The molecule has 53 heavy (non-hydrogen) atoms. The maximum absolute atomic E-state index is 14.1. The molecule has 0 amide bonds. The third kappa shape index (κ3) is 9.99. The van der Waals surface area contributed by atoms with Crippen molar-refractivity contribution in [2.75, 3.05) is 20.7 Å². The second kappa shape index (κ2) is 18.0. The molecular formula is C39H67NO13. The number of nitrogens with zero attached hydrogens (tertiary/aromatic N) is 1. The molecule has 306 valence electrons. The van der Waals surface area contributed by atoms with Crippen LogP contribution in [0.1, 0.15) is 94.9 Å². The quantitative estimate of drug-likeness (QED) is 0.178. The predicted molar refractivity (Wildman–Crippen MR) is 194 cm³/mol. The Labute approximate surface area is 315 Å². The standard InChI is InChI=1S/C39H67NO13/c1-14-16-40(12)26-17-21(4)49-36(30(26)42)53-34-23(6)31(52-28-19-38(10,48-13)33(44)25(8)50-28)24(7)35(45)51-27(15-2)39(11,47)32(43)22(5)29(41)20(3)18-37(34,9)46/h1,20-28,30-34,36,42-44,46-47H,15-19H2,2-13H3. The van der Waals surface area contributed by atoms with Gasteiger partial charge in [-0.2, -0.15) is 0 Å². The second-order valence-electron chi connectivity index (χ2n) is 16.6. The number of ether oxygens (including phenoxy) is 6. The monoisotopic (exact) mass is 757 g/mol. The summed E-state index contributed by atoms with van der Waals surface area (Å²) in [5, 5.41) is 57.9. The maximum Gasteiger partial charge on any atom is 0.311 e. The average molecular weight is 758 g/mol. The van der Waals surface area contributed by atoms with Crippen molar-refractivity contribution in [2.24, 2.45) is 23.7 Å². The first-order chi connectivity index (χ1) is 24.5. The van der Waals surface area contributed by atoms with Gasteiger partial charge in [0.25, 0.3) is 0 Å². The Hall–Kier alpha value is -1.74. The normalized spacial score (nSPS) is 48.1. The lowest BCUT2D eigenvalue weighted by atomic mass is 9.74. The van der Waals surface area contributed by atoms with E-state index in [1.54, 1.807) is 48.6 Å². The number of hydrogen-bond donors (Lipinski definition) is 5. The van der Waals surface area contributed by atoms with Crippen LogP contribution in [0.25, 0.3) is 0 Å². The van der Waals surface area contributed by atoms with Crippen molar-refractivity contribution in [3.63, 3.8) is 0 Å². The molecule has 18 atom stereocenters. The van der Waals surface area contributed by atoms with Crippen LogP contribution < -0.4 is 0 Å². The van der Waals surface area contributed by atoms with Crippen LogP contribution in [-0.4, -0.2) is 147 Å². The van der Waals surface area contributed by atoms with Gasteiger partial charge in [-0.3, -0.25) is 14.5 Å². The van der Waals surface area contributed by atoms with Crippen LogP contribution in [0.5, 0.6) is 0 Å². The van der Waals surface area contributed by atoms with E-state index in [1.165, 1.54) is 27.9 Å². The summed E-state index contributed by atoms with van der Waals surface area (Å²) in [6.45, 7) is 16.5. The number of terminal acetylenes is 1. The van der Waals surface area contributed by atoms with Crippen molar-refractivity contribution >= 4 is 11.8 Å². The minimum absolute atomic E-state index is 0.0784. The number of hydrogen-bond acceptors (Lipinski definition) is 14. The highest BCUT2D eigenvalue weighted by Gasteiger charge is 2.53. The highest BCUT2D eigenvalue weighted by atomic mass is 16.7. The molecule has 0 radical (unpaired) electrons. The molecule has 3 aliphatic rings. The van der Waals surface area contributed by atoms with Gasteiger partial charge in [0.15, 0.2) is 12.6 Å². The lowest BCUT2D eigenvalue weighted by Crippen LogP contribution is -2.61. The number of aliphatic hydroxyl groups is 5. The lowest BCUT2D eigenvalue weighted by molar-refractivity contribution is -0.318. The number of carbonyl (C=O) groups excluding carboxylic acids is 2. The summed E-state index contributed by atoms with van der Waals surface area (Å²) in [5.74, 6) is -2.51. The van der Waals surface area contributed by atoms with Crippen LogP contribution in [0.4, 0.5) is 0 Å². The van der Waals surface area contributed by atoms with Crippen molar-refractivity contribution in [1.29, 1.82) is 0 Å². The van der Waals surface area contributed by atoms with E-state index in [9.17, 15) is 35.1 Å². The molecule has 3 heterocycles. The zero-order chi connectivity index (χ0) is 40.4. The number of esters is 1. The molecule has 14 heteroatoms. The van der Waals surface area contributed by atoms with Crippen molar-refractivity contribution < 1.29 is 63.5 Å². The third-order valence-corrected chi connectivity index (χ3v) is 12.1. The van der Waals surface area contributed by atoms with Crippen LogP contribution in [-0.2, 0) is 38.0 Å². The van der Waals surface area contributed by atoms with Gasteiger partial charge < -0.3 is 54.0 Å². The number of rotatable bonds is 8. The summed E-state index contributed by atoms with van der Waals surface area (Å²) in [4.78, 5) is 29.8. The number of carbonyl (C=O) groups is 2. The average Bonchev–Trinajstić information content (AvgIpc) is 3.09. The van der Waals surface area contributed by atoms with Crippen molar-refractivity contribution in [1.82, 2.24) is 4.90 Å². The highest BCUT2D eigenvalue weighted by Crippen LogP contribution is 2.40. The minimum atomic E-state index is -2.01. The molecule has 3 rings (SSSR count). The molecule has 0 saturated carbocycles. The van der Waals surface area contributed by atoms with Crippen molar-refractivity contribution in [3.05, 3.63) is 0 Å². The molecule has 0 aromatic heterocycles. The van der Waals surface area contributed by atoms with E-state index in [-0.39, 0.29) is 31.9 Å². The van der Waals surface area contributed by atoms with Gasteiger partial charge in [-0.05, 0) is 67.9 Å². The van der Waals surface area contributed by atoms with Gasteiger partial charge in [0, 0.05) is 37.3 Å². The molecular weight excluding hydrogens is 690 g/mol. The Morgan fingerprint density at radius 2 is 1.57 bits per heavy atom. The van der Waals surface area contributed by atoms with E-state index in [0.717, 1.165) is 0 Å². The van der Waals surface area contributed by atoms with Gasteiger partial charge in [0.2, 0.25) is 0 Å². The Bertz CT molecular complexity index is 1270. The van der Waals surface area contributed by atoms with Crippen LogP contribution in [0.3, 0.4) is 0 Å². The number of Topliss-reactive ketones (excluding diaryl/α,β-unsaturated/α-hetero) is 1. The zero-order valence-corrected chi connectivity index (χ0v) is 33.7. The molecule has 3 saturated heterocycles. The summed E-state index contributed by atoms with van der Waals surface area (Å²) < 4.78 is 37.1. The predicted octanol–water partition coefficient (Wildman–Crippen LogP) is 1.79. The van der Waals surface area contributed by atoms with E-state index in [1.807, 2.05) is 11.8 Å². The number of aliphatic hydroxyl groups excluding tert-OH is 3. The third-order valence-electron chi connectivity index (χ3n) is 12.1. The minimum Gasteiger partial charge on any atom is -0.459 e. The molecule has 0 spiro atoms. The molecule has 14 nitrogen and oxygen atoms in total. The first-order valence-electron chi connectivity index (χ1n) is 19.0.